The van der Waals surface area contributed by atoms with E-state index >= 15 is 0 Å². The van der Waals surface area contributed by atoms with Crippen molar-refractivity contribution >= 4 is 11.0 Å². The first kappa shape index (κ1) is 7.40. The van der Waals surface area contributed by atoms with Crippen LogP contribution in [0.15, 0.2) is 24.5 Å². The number of aromatic amines is 1. The second-order valence-electron chi connectivity index (χ2n) is 1.85. The molecule has 2 nitrogen and oxygen atoms in total. The van der Waals surface area contributed by atoms with Gasteiger partial charge in [0.05, 0.1) is 5.65 Å². The van der Waals surface area contributed by atoms with Gasteiger partial charge in [-0.3, -0.25) is 4.98 Å². The Kier molecular flexibility index (Phi) is 2.16. The molecule has 2 aromatic heterocycles. The third-order valence-electron chi connectivity index (χ3n) is 1.26. The Balaban J connectivity index is 0.000000500. The maximum Gasteiger partial charge on any atom is 1.00 e. The van der Waals surface area contributed by atoms with Gasteiger partial charge in [0.2, 0.25) is 0 Å². The molecule has 1 N–H and O–H groups in total. The maximum absolute atomic E-state index is 4.03. The van der Waals surface area contributed by atoms with Crippen LogP contribution < -0.4 is 18.9 Å². The minimum Gasteiger partial charge on any atom is -0.363 e. The van der Waals surface area contributed by atoms with Crippen molar-refractivity contribution in [2.75, 3.05) is 0 Å². The minimum absolute atomic E-state index is 0. The molecule has 2 aromatic rings. The second kappa shape index (κ2) is 2.92. The monoisotopic (exact) mass is 124 g/mol. The maximum atomic E-state index is 4.03. The number of hydrogen-bond donors (Lipinski definition) is 1. The molecule has 10 heavy (non-hydrogen) atoms. The summed E-state index contributed by atoms with van der Waals surface area (Å²) in [6.45, 7) is 0. The Morgan fingerprint density at radius 1 is 1.50 bits per heavy atom. The van der Waals surface area contributed by atoms with E-state index < -0.39 is 0 Å². The van der Waals surface area contributed by atoms with Crippen molar-refractivity contribution in [3.63, 3.8) is 0 Å². The van der Waals surface area contributed by atoms with Crippen LogP contribution in [0.2, 0.25) is 0 Å². The number of pyridine rings is 1. The Bertz CT molecular complexity index is 286. The summed E-state index contributed by atoms with van der Waals surface area (Å²) >= 11 is 0. The largest absolute Gasteiger partial charge is 1.00 e. The van der Waals surface area contributed by atoms with Crippen molar-refractivity contribution in [2.24, 2.45) is 0 Å². The van der Waals surface area contributed by atoms with Crippen molar-refractivity contribution < 1.29 is 18.9 Å². The van der Waals surface area contributed by atoms with E-state index in [9.17, 15) is 0 Å². The van der Waals surface area contributed by atoms with E-state index in [2.05, 4.69) is 16.0 Å². The molecule has 3 heteroatoms. The molecule has 0 fully saturated rings. The van der Waals surface area contributed by atoms with Crippen LogP contribution in [-0.2, 0) is 0 Å². The zero-order valence-electron chi connectivity index (χ0n) is 5.76. The summed E-state index contributed by atoms with van der Waals surface area (Å²) in [4.78, 5) is 7.02. The molecule has 0 spiro atoms. The fourth-order valence-electron chi connectivity index (χ4n) is 0.830. The predicted octanol–water partition coefficient (Wildman–Crippen LogP) is -1.63. The molecule has 0 radical (unpaired) electrons. The number of hydrogen-bond acceptors (Lipinski definition) is 1. The first-order valence-electron chi connectivity index (χ1n) is 2.76. The van der Waals surface area contributed by atoms with Crippen molar-refractivity contribution in [1.29, 1.82) is 0 Å². The quantitative estimate of drug-likeness (QED) is 0.331. The fraction of sp³-hybridized carbons (Fsp3) is 0. The zero-order valence-corrected chi connectivity index (χ0v) is 5.76. The third-order valence-corrected chi connectivity index (χ3v) is 1.26. The summed E-state index contributed by atoms with van der Waals surface area (Å²) in [5.41, 5.74) is 0.925. The first-order chi connectivity index (χ1) is 4.47. The molecule has 2 heterocycles. The van der Waals surface area contributed by atoms with Gasteiger partial charge >= 0.3 is 18.9 Å². The second-order valence-corrected chi connectivity index (χ2v) is 1.85. The van der Waals surface area contributed by atoms with Gasteiger partial charge in [0.15, 0.2) is 0 Å². The van der Waals surface area contributed by atoms with Crippen molar-refractivity contribution in [3.05, 3.63) is 30.6 Å². The van der Waals surface area contributed by atoms with E-state index in [1.165, 1.54) is 0 Å². The fourth-order valence-corrected chi connectivity index (χ4v) is 0.830. The Hall–Kier alpha value is -0.713. The number of aromatic nitrogens is 2. The number of nitrogens with zero attached hydrogens (tertiary/aromatic N) is 1. The minimum atomic E-state index is 0. The van der Waals surface area contributed by atoms with Crippen molar-refractivity contribution in [1.82, 2.24) is 9.97 Å². The number of H-pyrrole nitrogens is 1. The zero-order chi connectivity index (χ0) is 6.10. The topological polar surface area (TPSA) is 28.7 Å². The van der Waals surface area contributed by atoms with Gasteiger partial charge in [0.25, 0.3) is 0 Å². The van der Waals surface area contributed by atoms with Gasteiger partial charge in [-0.2, -0.15) is 0 Å². The predicted molar refractivity (Wildman–Crippen MR) is 34.9 cm³/mol. The number of rotatable bonds is 0. The molecule has 0 atom stereocenters. The summed E-state index contributed by atoms with van der Waals surface area (Å²) < 4.78 is 0. The van der Waals surface area contributed by atoms with Gasteiger partial charge in [0, 0.05) is 0 Å². The summed E-state index contributed by atoms with van der Waals surface area (Å²) in [5, 5.41) is 1.11. The molecule has 0 amide bonds. The van der Waals surface area contributed by atoms with Crippen LogP contribution in [0, 0.1) is 6.07 Å². The molecule has 0 saturated heterocycles. The molecule has 44 valence electrons. The molecular weight excluding hydrogens is 119 g/mol. The molecular formula is C7H5LiN2. The molecule has 0 saturated carbocycles. The summed E-state index contributed by atoms with van der Waals surface area (Å²) in [6.07, 6.45) is 3.52. The summed E-state index contributed by atoms with van der Waals surface area (Å²) in [6, 6.07) is 6.76. The molecule has 0 aliphatic carbocycles. The van der Waals surface area contributed by atoms with Crippen LogP contribution in [0.1, 0.15) is 0 Å². The standard InChI is InChI=1S/C7H5N2.Li/c1-2-6-3-5-9-7(6)8-4-1;/h2-5H,(H,8,9);/q-1;+1. The Morgan fingerprint density at radius 3 is 3.20 bits per heavy atom. The van der Waals surface area contributed by atoms with E-state index in [-0.39, 0.29) is 18.9 Å². The molecule has 2 rings (SSSR count). The van der Waals surface area contributed by atoms with Gasteiger partial charge in [0.1, 0.15) is 0 Å². The van der Waals surface area contributed by atoms with E-state index in [4.69, 9.17) is 0 Å². The first-order valence-corrected chi connectivity index (χ1v) is 2.76. The van der Waals surface area contributed by atoms with Crippen molar-refractivity contribution in [3.8, 4) is 0 Å². The van der Waals surface area contributed by atoms with Gasteiger partial charge in [-0.15, -0.1) is 11.5 Å². The van der Waals surface area contributed by atoms with Crippen molar-refractivity contribution in [2.45, 2.75) is 0 Å². The third kappa shape index (κ3) is 1.09. The van der Waals surface area contributed by atoms with Crippen LogP contribution in [0.3, 0.4) is 0 Å². The van der Waals surface area contributed by atoms with E-state index in [0.29, 0.717) is 0 Å². The molecule has 0 aliphatic heterocycles. The average Bonchev–Trinajstić information content (AvgIpc) is 2.33. The van der Waals surface area contributed by atoms with Gasteiger partial charge in [-0.25, -0.2) is 12.1 Å². The van der Waals surface area contributed by atoms with Crippen LogP contribution in [-0.4, -0.2) is 9.97 Å². The van der Waals surface area contributed by atoms with Crippen LogP contribution in [0.4, 0.5) is 0 Å². The average molecular weight is 124 g/mol. The van der Waals surface area contributed by atoms with Gasteiger partial charge in [-0.1, -0.05) is 6.20 Å². The number of fused-ring (bicyclic) bond motifs is 1. The molecule has 0 aromatic carbocycles. The van der Waals surface area contributed by atoms with E-state index in [1.54, 1.807) is 6.20 Å². The molecule has 0 aliphatic rings. The normalized spacial score (nSPS) is 9.20. The SMILES string of the molecule is [Li+].[c-]1cnc2[nH]ccc2c1. The van der Waals surface area contributed by atoms with Crippen LogP contribution in [0.25, 0.3) is 11.0 Å². The van der Waals surface area contributed by atoms with Gasteiger partial charge < -0.3 is 4.98 Å². The summed E-state index contributed by atoms with van der Waals surface area (Å²) in [5.74, 6) is 0. The van der Waals surface area contributed by atoms with Crippen LogP contribution >= 0.6 is 0 Å². The molecule has 0 unspecified atom stereocenters. The Morgan fingerprint density at radius 2 is 2.40 bits per heavy atom. The summed E-state index contributed by atoms with van der Waals surface area (Å²) in [7, 11) is 0. The van der Waals surface area contributed by atoms with Crippen LogP contribution in [0.5, 0.6) is 0 Å². The van der Waals surface area contributed by atoms with E-state index in [1.807, 2.05) is 18.3 Å². The van der Waals surface area contributed by atoms with Gasteiger partial charge in [-0.05, 0) is 6.20 Å². The molecule has 0 bridgehead atoms. The smallest absolute Gasteiger partial charge is 0.363 e. The number of nitrogens with one attached hydrogen (secondary N) is 1. The Labute approximate surface area is 70.8 Å². The van der Waals surface area contributed by atoms with E-state index in [0.717, 1.165) is 11.0 Å².